The number of carbonyl (C=O) groups excluding carboxylic acids is 2. The van der Waals surface area contributed by atoms with Gasteiger partial charge in [-0.05, 0) is 88.1 Å². The number of piperidine rings is 1. The van der Waals surface area contributed by atoms with Gasteiger partial charge in [-0.1, -0.05) is 13.0 Å². The van der Waals surface area contributed by atoms with E-state index < -0.39 is 6.04 Å². The van der Waals surface area contributed by atoms with E-state index in [2.05, 4.69) is 48.4 Å². The highest BCUT2D eigenvalue weighted by Gasteiger charge is 2.46. The molecule has 2 amide bonds. The summed E-state index contributed by atoms with van der Waals surface area (Å²) in [5.74, 6) is 1.87. The van der Waals surface area contributed by atoms with Crippen LogP contribution in [-0.2, 0) is 15.0 Å². The van der Waals surface area contributed by atoms with Crippen molar-refractivity contribution in [3.63, 3.8) is 0 Å². The predicted octanol–water partition coefficient (Wildman–Crippen LogP) is 3.41. The van der Waals surface area contributed by atoms with Gasteiger partial charge in [0, 0.05) is 31.5 Å². The minimum Gasteiger partial charge on any atom is -0.497 e. The second kappa shape index (κ2) is 10.2. The second-order valence-corrected chi connectivity index (χ2v) is 10.0. The van der Waals surface area contributed by atoms with Crippen molar-refractivity contribution in [2.24, 2.45) is 11.8 Å². The lowest BCUT2D eigenvalue weighted by molar-refractivity contribution is -0.127. The molecule has 0 spiro atoms. The van der Waals surface area contributed by atoms with Gasteiger partial charge in [0.1, 0.15) is 11.8 Å². The highest BCUT2D eigenvalue weighted by atomic mass is 16.5. The number of aryl methyl sites for hydroxylation is 1. The van der Waals surface area contributed by atoms with E-state index >= 15 is 0 Å². The largest absolute Gasteiger partial charge is 0.497 e. The average molecular weight is 444 g/mol. The standard InChI is InChI=1S/C26H41N3O3/c1-17-7-10-23(32-6)15-24(17)26(11-13-27-25(31)19(3)28-21(5)30)12-14-29(16-22-8-9-22)20(4)18(26)2/h7,10,15,18-20,22H,8-9,11-14,16H2,1-6H3,(H,27,31)(H,28,30)/t18-,19?,20?,26?/m0/s1. The Hall–Kier alpha value is -2.08. The third-order valence-electron chi connectivity index (χ3n) is 7.87. The molecule has 3 rings (SSSR count). The molecule has 2 aliphatic rings. The molecule has 178 valence electrons. The van der Waals surface area contributed by atoms with E-state index in [4.69, 9.17) is 4.74 Å². The lowest BCUT2D eigenvalue weighted by atomic mass is 9.61. The first kappa shape index (κ1) is 24.6. The number of methoxy groups -OCH3 is 1. The number of hydrogen-bond acceptors (Lipinski definition) is 4. The first-order valence-corrected chi connectivity index (χ1v) is 12.1. The fourth-order valence-electron chi connectivity index (χ4n) is 5.51. The molecule has 0 bridgehead atoms. The van der Waals surface area contributed by atoms with Gasteiger partial charge in [0.25, 0.3) is 0 Å². The first-order valence-electron chi connectivity index (χ1n) is 12.1. The van der Waals surface area contributed by atoms with Crippen molar-refractivity contribution >= 4 is 11.8 Å². The third-order valence-corrected chi connectivity index (χ3v) is 7.87. The monoisotopic (exact) mass is 443 g/mol. The van der Waals surface area contributed by atoms with Crippen molar-refractivity contribution in [3.8, 4) is 5.75 Å². The van der Waals surface area contributed by atoms with Crippen LogP contribution in [0.25, 0.3) is 0 Å². The minimum absolute atomic E-state index is 0.0391. The molecule has 1 aliphatic heterocycles. The van der Waals surface area contributed by atoms with Crippen molar-refractivity contribution < 1.29 is 14.3 Å². The molecule has 1 heterocycles. The van der Waals surface area contributed by atoms with Gasteiger partial charge >= 0.3 is 0 Å². The molecule has 6 heteroatoms. The lowest BCUT2D eigenvalue weighted by Crippen LogP contribution is -2.56. The molecule has 4 atom stereocenters. The average Bonchev–Trinajstić information content (AvgIpc) is 3.57. The summed E-state index contributed by atoms with van der Waals surface area (Å²) in [6, 6.07) is 6.33. The Kier molecular flexibility index (Phi) is 7.86. The molecule has 1 saturated heterocycles. The highest BCUT2D eigenvalue weighted by Crippen LogP contribution is 2.48. The zero-order chi connectivity index (χ0) is 23.5. The smallest absolute Gasteiger partial charge is 0.242 e. The van der Waals surface area contributed by atoms with E-state index in [1.165, 1.54) is 37.4 Å². The molecular formula is C26H41N3O3. The van der Waals surface area contributed by atoms with Gasteiger partial charge in [-0.3, -0.25) is 9.59 Å². The van der Waals surface area contributed by atoms with Crippen molar-refractivity contribution in [1.82, 2.24) is 15.5 Å². The topological polar surface area (TPSA) is 70.7 Å². The number of carbonyl (C=O) groups is 2. The summed E-state index contributed by atoms with van der Waals surface area (Å²) in [5, 5.41) is 5.74. The van der Waals surface area contributed by atoms with E-state index in [-0.39, 0.29) is 17.2 Å². The van der Waals surface area contributed by atoms with Crippen LogP contribution in [0.5, 0.6) is 5.75 Å². The Labute approximate surface area is 193 Å². The van der Waals surface area contributed by atoms with Crippen molar-refractivity contribution in [2.75, 3.05) is 26.7 Å². The maximum absolute atomic E-state index is 12.5. The van der Waals surface area contributed by atoms with Gasteiger partial charge in [-0.25, -0.2) is 0 Å². The molecule has 0 radical (unpaired) electrons. The van der Waals surface area contributed by atoms with Crippen LogP contribution in [0.15, 0.2) is 18.2 Å². The maximum Gasteiger partial charge on any atom is 0.242 e. The van der Waals surface area contributed by atoms with Gasteiger partial charge in [-0.15, -0.1) is 0 Å². The number of hydrogen-bond donors (Lipinski definition) is 2. The van der Waals surface area contributed by atoms with Crippen LogP contribution in [0, 0.1) is 18.8 Å². The zero-order valence-corrected chi connectivity index (χ0v) is 20.7. The van der Waals surface area contributed by atoms with Crippen molar-refractivity contribution in [1.29, 1.82) is 0 Å². The van der Waals surface area contributed by atoms with Gasteiger partial charge in [0.05, 0.1) is 7.11 Å². The van der Waals surface area contributed by atoms with E-state index in [1.54, 1.807) is 14.0 Å². The summed E-state index contributed by atoms with van der Waals surface area (Å²) in [6.07, 6.45) is 4.67. The summed E-state index contributed by atoms with van der Waals surface area (Å²) in [6.45, 7) is 13.0. The van der Waals surface area contributed by atoms with E-state index in [1.807, 2.05) is 6.07 Å². The van der Waals surface area contributed by atoms with Crippen LogP contribution in [-0.4, -0.2) is 55.5 Å². The highest BCUT2D eigenvalue weighted by molar-refractivity contribution is 5.86. The van der Waals surface area contributed by atoms with E-state index in [0.717, 1.165) is 31.1 Å². The Morgan fingerprint density at radius 3 is 2.62 bits per heavy atom. The summed E-state index contributed by atoms with van der Waals surface area (Å²) in [5.41, 5.74) is 2.58. The molecule has 32 heavy (non-hydrogen) atoms. The van der Waals surface area contributed by atoms with Crippen LogP contribution in [0.2, 0.25) is 0 Å². The zero-order valence-electron chi connectivity index (χ0n) is 20.7. The van der Waals surface area contributed by atoms with Crippen LogP contribution in [0.3, 0.4) is 0 Å². The Bertz CT molecular complexity index is 823. The molecule has 1 aromatic carbocycles. The van der Waals surface area contributed by atoms with Gasteiger partial charge < -0.3 is 20.3 Å². The van der Waals surface area contributed by atoms with Crippen molar-refractivity contribution in [2.45, 2.75) is 77.8 Å². The molecule has 1 saturated carbocycles. The molecule has 2 fully saturated rings. The summed E-state index contributed by atoms with van der Waals surface area (Å²) < 4.78 is 5.58. The normalized spacial score (nSPS) is 26.9. The second-order valence-electron chi connectivity index (χ2n) is 10.0. The number of benzene rings is 1. The van der Waals surface area contributed by atoms with Crippen LogP contribution < -0.4 is 15.4 Å². The SMILES string of the molecule is COc1ccc(C)c(C2(CCNC(=O)C(C)NC(C)=O)CCN(CC3CC3)C(C)[C@@H]2C)c1. The van der Waals surface area contributed by atoms with Crippen LogP contribution in [0.1, 0.15) is 64.5 Å². The number of likely N-dealkylation sites (tertiary alicyclic amines) is 1. The number of ether oxygens (including phenoxy) is 1. The van der Waals surface area contributed by atoms with E-state index in [0.29, 0.717) is 18.5 Å². The Morgan fingerprint density at radius 1 is 1.28 bits per heavy atom. The van der Waals surface area contributed by atoms with Crippen molar-refractivity contribution in [3.05, 3.63) is 29.3 Å². The summed E-state index contributed by atoms with van der Waals surface area (Å²) >= 11 is 0. The first-order chi connectivity index (χ1) is 15.2. The Balaban J connectivity index is 1.82. The molecule has 0 aromatic heterocycles. The fraction of sp³-hybridized carbons (Fsp3) is 0.692. The third kappa shape index (κ3) is 5.45. The van der Waals surface area contributed by atoms with Gasteiger partial charge in [0.2, 0.25) is 11.8 Å². The van der Waals surface area contributed by atoms with E-state index in [9.17, 15) is 9.59 Å². The molecule has 1 aromatic rings. The van der Waals surface area contributed by atoms with Gasteiger partial charge in [-0.2, -0.15) is 0 Å². The summed E-state index contributed by atoms with van der Waals surface area (Å²) in [4.78, 5) is 26.5. The predicted molar refractivity (Wildman–Crippen MR) is 128 cm³/mol. The Morgan fingerprint density at radius 2 is 2.00 bits per heavy atom. The molecule has 6 nitrogen and oxygen atoms in total. The molecule has 2 N–H and O–H groups in total. The number of amides is 2. The molecule has 3 unspecified atom stereocenters. The fourth-order valence-corrected chi connectivity index (χ4v) is 5.51. The maximum atomic E-state index is 12.5. The number of rotatable bonds is 9. The summed E-state index contributed by atoms with van der Waals surface area (Å²) in [7, 11) is 1.72. The molecular weight excluding hydrogens is 402 g/mol. The minimum atomic E-state index is -0.529. The van der Waals surface area contributed by atoms with Gasteiger partial charge in [0.15, 0.2) is 0 Å². The van der Waals surface area contributed by atoms with Crippen LogP contribution in [0.4, 0.5) is 0 Å². The lowest BCUT2D eigenvalue weighted by Gasteiger charge is -2.52. The number of nitrogens with one attached hydrogen (secondary N) is 2. The quantitative estimate of drug-likeness (QED) is 0.614. The number of nitrogens with zero attached hydrogens (tertiary/aromatic N) is 1. The van der Waals surface area contributed by atoms with Crippen LogP contribution >= 0.6 is 0 Å². The molecule has 1 aliphatic carbocycles.